The highest BCUT2D eigenvalue weighted by Gasteiger charge is 2.31. The maximum atomic E-state index is 12.6. The Morgan fingerprint density at radius 3 is 2.42 bits per heavy atom. The van der Waals surface area contributed by atoms with Gasteiger partial charge in [0.15, 0.2) is 5.75 Å². The van der Waals surface area contributed by atoms with Crippen molar-refractivity contribution in [3.05, 3.63) is 71.5 Å². The van der Waals surface area contributed by atoms with Crippen molar-refractivity contribution in [2.45, 2.75) is 39.3 Å². The molecule has 0 N–H and O–H groups in total. The highest BCUT2D eigenvalue weighted by Crippen LogP contribution is 2.37. The Morgan fingerprint density at radius 2 is 1.76 bits per heavy atom. The summed E-state index contributed by atoms with van der Waals surface area (Å²) in [6.45, 7) is 9.65. The van der Waals surface area contributed by atoms with Crippen LogP contribution in [0.3, 0.4) is 0 Å². The Hall–Kier alpha value is -3.78. The predicted molar refractivity (Wildman–Crippen MR) is 147 cm³/mol. The lowest BCUT2D eigenvalue weighted by atomic mass is 10.0. The zero-order valence-corrected chi connectivity index (χ0v) is 23.0. The number of piperazine rings is 1. The van der Waals surface area contributed by atoms with Crippen molar-refractivity contribution >= 4 is 29.4 Å². The minimum Gasteiger partial charge on any atom is -0.465 e. The molecule has 1 fully saturated rings. The van der Waals surface area contributed by atoms with Crippen LogP contribution < -0.4 is 9.64 Å². The van der Waals surface area contributed by atoms with Crippen LogP contribution in [0.2, 0.25) is 5.02 Å². The molecule has 0 radical (unpaired) electrons. The second-order valence-corrected chi connectivity index (χ2v) is 10.5. The fourth-order valence-electron chi connectivity index (χ4n) is 4.34. The van der Waals surface area contributed by atoms with Crippen LogP contribution in [-0.4, -0.2) is 60.3 Å². The summed E-state index contributed by atoms with van der Waals surface area (Å²) in [6.07, 6.45) is 3.01. The summed E-state index contributed by atoms with van der Waals surface area (Å²) in [5, 5.41) is 0.241. The van der Waals surface area contributed by atoms with E-state index in [1.807, 2.05) is 45.9 Å². The number of methoxy groups -OCH3 is 1. The molecule has 1 atom stereocenters. The van der Waals surface area contributed by atoms with E-state index in [9.17, 15) is 9.59 Å². The van der Waals surface area contributed by atoms with Crippen LogP contribution in [0, 0.1) is 0 Å². The predicted octanol–water partition coefficient (Wildman–Crippen LogP) is 6.43. The molecule has 200 valence electrons. The highest BCUT2D eigenvalue weighted by atomic mass is 35.5. The van der Waals surface area contributed by atoms with E-state index >= 15 is 0 Å². The first-order chi connectivity index (χ1) is 18.1. The number of carbonyl (C=O) groups is 2. The minimum atomic E-state index is -0.582. The topological polar surface area (TPSA) is 81.2 Å². The van der Waals surface area contributed by atoms with Gasteiger partial charge in [-0.05, 0) is 63.6 Å². The number of rotatable bonds is 5. The number of hydrogen-bond acceptors (Lipinski definition) is 7. The van der Waals surface area contributed by atoms with E-state index in [1.54, 1.807) is 35.5 Å². The van der Waals surface area contributed by atoms with Gasteiger partial charge in [-0.2, -0.15) is 0 Å². The van der Waals surface area contributed by atoms with Gasteiger partial charge < -0.3 is 24.0 Å². The van der Waals surface area contributed by atoms with Crippen molar-refractivity contribution < 1.29 is 23.8 Å². The van der Waals surface area contributed by atoms with E-state index in [0.29, 0.717) is 25.4 Å². The lowest BCUT2D eigenvalue weighted by Crippen LogP contribution is -2.55. The Morgan fingerprint density at radius 1 is 1.03 bits per heavy atom. The third kappa shape index (κ3) is 6.19. The molecular formula is C29H32ClN3O5. The van der Waals surface area contributed by atoms with Gasteiger partial charge in [0, 0.05) is 43.1 Å². The van der Waals surface area contributed by atoms with Crippen LogP contribution in [0.4, 0.5) is 10.5 Å². The first-order valence-electron chi connectivity index (χ1n) is 12.4. The number of anilines is 1. The molecule has 1 amide bonds. The van der Waals surface area contributed by atoms with Gasteiger partial charge in [0.25, 0.3) is 0 Å². The van der Waals surface area contributed by atoms with E-state index in [-0.39, 0.29) is 28.5 Å². The molecule has 3 aromatic rings. The standard InChI is InChI=1S/C29H32ClN3O5/c1-19-18-32(15-16-33(19)28(35)38-29(2,3)4)21-11-9-20(10-12-21)22-13-14-31-17-25(22)37-24-8-6-7-23(30)26(24)27(34)36-5/h6-14,17,19H,15-16,18H2,1-5H3/t19-/m0/s1. The van der Waals surface area contributed by atoms with Crippen LogP contribution in [0.25, 0.3) is 11.1 Å². The molecule has 4 rings (SSSR count). The summed E-state index contributed by atoms with van der Waals surface area (Å²) in [7, 11) is 1.30. The molecule has 2 aromatic carbocycles. The number of esters is 1. The van der Waals surface area contributed by atoms with Crippen molar-refractivity contribution in [1.82, 2.24) is 9.88 Å². The van der Waals surface area contributed by atoms with Crippen molar-refractivity contribution in [2.75, 3.05) is 31.6 Å². The van der Waals surface area contributed by atoms with Gasteiger partial charge in [0.2, 0.25) is 0 Å². The molecular weight excluding hydrogens is 506 g/mol. The Bertz CT molecular complexity index is 1310. The molecule has 0 aliphatic carbocycles. The van der Waals surface area contributed by atoms with Crippen molar-refractivity contribution in [1.29, 1.82) is 0 Å². The number of halogens is 1. The van der Waals surface area contributed by atoms with Gasteiger partial charge in [0.05, 0.1) is 18.3 Å². The van der Waals surface area contributed by atoms with E-state index in [0.717, 1.165) is 16.8 Å². The second kappa shape index (κ2) is 11.3. The van der Waals surface area contributed by atoms with Crippen LogP contribution in [0.15, 0.2) is 60.9 Å². The number of benzene rings is 2. The molecule has 0 unspecified atom stereocenters. The van der Waals surface area contributed by atoms with Gasteiger partial charge >= 0.3 is 12.1 Å². The molecule has 0 spiro atoms. The second-order valence-electron chi connectivity index (χ2n) is 10.1. The molecule has 1 aromatic heterocycles. The third-order valence-corrected chi connectivity index (χ3v) is 6.48. The van der Waals surface area contributed by atoms with Gasteiger partial charge in [-0.25, -0.2) is 9.59 Å². The van der Waals surface area contributed by atoms with Crippen LogP contribution >= 0.6 is 11.6 Å². The molecule has 0 bridgehead atoms. The molecule has 1 saturated heterocycles. The Kier molecular flexibility index (Phi) is 8.11. The van der Waals surface area contributed by atoms with Crippen molar-refractivity contribution in [2.24, 2.45) is 0 Å². The summed E-state index contributed by atoms with van der Waals surface area (Å²) < 4.78 is 16.6. The number of nitrogens with zero attached hydrogens (tertiary/aromatic N) is 3. The zero-order chi connectivity index (χ0) is 27.4. The number of aromatic nitrogens is 1. The van der Waals surface area contributed by atoms with Gasteiger partial charge in [-0.3, -0.25) is 4.98 Å². The average Bonchev–Trinajstić information content (AvgIpc) is 2.88. The van der Waals surface area contributed by atoms with Gasteiger partial charge in [-0.1, -0.05) is 29.8 Å². The number of pyridine rings is 1. The van der Waals surface area contributed by atoms with Gasteiger partial charge in [0.1, 0.15) is 16.9 Å². The Balaban J connectivity index is 1.51. The first-order valence-corrected chi connectivity index (χ1v) is 12.8. The summed E-state index contributed by atoms with van der Waals surface area (Å²) >= 11 is 6.25. The number of amides is 1. The highest BCUT2D eigenvalue weighted by molar-refractivity contribution is 6.34. The van der Waals surface area contributed by atoms with Crippen LogP contribution in [0.5, 0.6) is 11.5 Å². The van der Waals surface area contributed by atoms with E-state index in [4.69, 9.17) is 25.8 Å². The average molecular weight is 538 g/mol. The van der Waals surface area contributed by atoms with E-state index in [2.05, 4.69) is 22.0 Å². The van der Waals surface area contributed by atoms with E-state index in [1.165, 1.54) is 7.11 Å². The zero-order valence-electron chi connectivity index (χ0n) is 22.2. The number of ether oxygens (including phenoxy) is 3. The third-order valence-electron chi connectivity index (χ3n) is 6.17. The fraction of sp³-hybridized carbons (Fsp3) is 0.345. The van der Waals surface area contributed by atoms with Crippen LogP contribution in [-0.2, 0) is 9.47 Å². The SMILES string of the molecule is COC(=O)c1c(Cl)cccc1Oc1cnccc1-c1ccc(N2CCN(C(=O)OC(C)(C)C)[C@@H](C)C2)cc1. The van der Waals surface area contributed by atoms with Crippen molar-refractivity contribution in [3.63, 3.8) is 0 Å². The summed E-state index contributed by atoms with van der Waals surface area (Å²) in [4.78, 5) is 33.1. The molecule has 0 saturated carbocycles. The quantitative estimate of drug-likeness (QED) is 0.347. The number of carbonyl (C=O) groups excluding carboxylic acids is 2. The summed E-state index contributed by atoms with van der Waals surface area (Å²) in [5.41, 5.74) is 2.43. The summed E-state index contributed by atoms with van der Waals surface area (Å²) in [6, 6.07) is 15.0. The minimum absolute atomic E-state index is 0.0141. The fourth-order valence-corrected chi connectivity index (χ4v) is 4.59. The number of hydrogen-bond donors (Lipinski definition) is 0. The first kappa shape index (κ1) is 27.3. The Labute approximate surface area is 228 Å². The summed E-state index contributed by atoms with van der Waals surface area (Å²) in [5.74, 6) is 0.181. The molecule has 9 heteroatoms. The van der Waals surface area contributed by atoms with E-state index < -0.39 is 11.6 Å². The smallest absolute Gasteiger partial charge is 0.410 e. The maximum Gasteiger partial charge on any atom is 0.410 e. The monoisotopic (exact) mass is 537 g/mol. The largest absolute Gasteiger partial charge is 0.465 e. The van der Waals surface area contributed by atoms with Crippen molar-refractivity contribution in [3.8, 4) is 22.6 Å². The molecule has 38 heavy (non-hydrogen) atoms. The maximum absolute atomic E-state index is 12.6. The molecule has 1 aliphatic heterocycles. The molecule has 8 nitrogen and oxygen atoms in total. The van der Waals surface area contributed by atoms with Gasteiger partial charge in [-0.15, -0.1) is 0 Å². The molecule has 1 aliphatic rings. The lowest BCUT2D eigenvalue weighted by Gasteiger charge is -2.41. The molecule has 2 heterocycles. The lowest BCUT2D eigenvalue weighted by molar-refractivity contribution is 0.0159. The van der Waals surface area contributed by atoms with Crippen LogP contribution in [0.1, 0.15) is 38.1 Å². The normalized spacial score (nSPS) is 15.7.